The highest BCUT2D eigenvalue weighted by molar-refractivity contribution is 6.30. The molecule has 0 aromatic rings. The molecule has 36 valence electrons. The average Bonchev–Trinajstić information content (AvgIpc) is 1.36. The Bertz CT molecular complexity index is 61.8. The number of rotatable bonds is 1. The molecule has 0 aliphatic heterocycles. The summed E-state index contributed by atoms with van der Waals surface area (Å²) in [4.78, 5) is 9.79. The first-order valence-corrected chi connectivity index (χ1v) is 2.01. The molecule has 0 bridgehead atoms. The Morgan fingerprint density at radius 2 is 2.17 bits per heavy atom. The van der Waals surface area contributed by atoms with Crippen molar-refractivity contribution < 1.29 is 4.79 Å². The number of alkyl halides is 1. The molecule has 0 aliphatic carbocycles. The zero-order valence-electron chi connectivity index (χ0n) is 3.44. The Morgan fingerprint density at radius 1 is 2.00 bits per heavy atom. The summed E-state index contributed by atoms with van der Waals surface area (Å²) < 4.78 is 0. The minimum Gasteiger partial charge on any atom is -0.368 e. The van der Waals surface area contributed by atoms with E-state index in [1.54, 1.807) is 0 Å². The van der Waals surface area contributed by atoms with Crippen LogP contribution < -0.4 is 5.73 Å². The van der Waals surface area contributed by atoms with E-state index < -0.39 is 11.3 Å². The zero-order chi connectivity index (χ0) is 5.15. The highest BCUT2D eigenvalue weighted by Crippen LogP contribution is 1.87. The minimum atomic E-state index is -0.537. The van der Waals surface area contributed by atoms with E-state index in [9.17, 15) is 4.79 Å². The van der Waals surface area contributed by atoms with E-state index in [4.69, 9.17) is 11.6 Å². The predicted molar refractivity (Wildman–Crippen MR) is 24.5 cm³/mol. The van der Waals surface area contributed by atoms with Crippen LogP contribution in [0.4, 0.5) is 0 Å². The van der Waals surface area contributed by atoms with Crippen LogP contribution in [-0.2, 0) is 4.79 Å². The van der Waals surface area contributed by atoms with Gasteiger partial charge < -0.3 is 5.73 Å². The van der Waals surface area contributed by atoms with E-state index in [1.165, 1.54) is 6.92 Å². The number of nitrogens with two attached hydrogens (primary N) is 1. The standard InChI is InChI=1S/C3H6ClNO/c1-2(4)3(5)6/h2H,1H3,(H2,5,6)/t2-/m0/s1. The van der Waals surface area contributed by atoms with Gasteiger partial charge in [0.05, 0.1) is 0 Å². The van der Waals surface area contributed by atoms with Crippen molar-refractivity contribution in [3.8, 4) is 0 Å². The number of carbonyl (C=O) groups is 1. The van der Waals surface area contributed by atoms with E-state index in [1.807, 2.05) is 0 Å². The first-order valence-electron chi connectivity index (χ1n) is 1.58. The van der Waals surface area contributed by atoms with Crippen LogP contribution in [0.3, 0.4) is 0 Å². The summed E-state index contributed by atoms with van der Waals surface area (Å²) >= 11 is 5.14. The molecule has 2 nitrogen and oxygen atoms in total. The first-order chi connectivity index (χ1) is 2.64. The van der Waals surface area contributed by atoms with Crippen LogP contribution in [0, 0.1) is 0 Å². The molecule has 0 heterocycles. The second-order valence-electron chi connectivity index (χ2n) is 1.02. The third kappa shape index (κ3) is 2.03. The third-order valence-corrected chi connectivity index (χ3v) is 0.607. The lowest BCUT2D eigenvalue weighted by molar-refractivity contribution is -0.117. The van der Waals surface area contributed by atoms with Gasteiger partial charge in [0.25, 0.3) is 0 Å². The largest absolute Gasteiger partial charge is 0.368 e. The summed E-state index contributed by atoms with van der Waals surface area (Å²) in [6, 6.07) is 0. The maximum absolute atomic E-state index is 9.79. The quantitative estimate of drug-likeness (QED) is 0.475. The smallest absolute Gasteiger partial charge is 0.235 e. The SMILES string of the molecule is C[C@H](Cl)C(N)=O. The van der Waals surface area contributed by atoms with Crippen molar-refractivity contribution in [3.05, 3.63) is 0 Å². The van der Waals surface area contributed by atoms with E-state index in [-0.39, 0.29) is 0 Å². The Kier molecular flexibility index (Phi) is 1.95. The van der Waals surface area contributed by atoms with Crippen molar-refractivity contribution in [2.45, 2.75) is 12.3 Å². The van der Waals surface area contributed by atoms with Crippen LogP contribution in [0.2, 0.25) is 0 Å². The molecule has 3 heteroatoms. The molecule has 0 aromatic carbocycles. The van der Waals surface area contributed by atoms with Gasteiger partial charge in [0.2, 0.25) is 5.91 Å². The van der Waals surface area contributed by atoms with E-state index in [2.05, 4.69) is 5.73 Å². The van der Waals surface area contributed by atoms with Gasteiger partial charge in [-0.25, -0.2) is 0 Å². The summed E-state index contributed by atoms with van der Waals surface area (Å²) in [5, 5.41) is -0.537. The molecular weight excluding hydrogens is 101 g/mol. The van der Waals surface area contributed by atoms with Crippen LogP contribution in [-0.4, -0.2) is 11.3 Å². The van der Waals surface area contributed by atoms with Crippen molar-refractivity contribution in [3.63, 3.8) is 0 Å². The van der Waals surface area contributed by atoms with Gasteiger partial charge in [0, 0.05) is 0 Å². The van der Waals surface area contributed by atoms with E-state index in [0.717, 1.165) is 0 Å². The molecule has 0 saturated carbocycles. The van der Waals surface area contributed by atoms with Crippen molar-refractivity contribution in [2.24, 2.45) is 5.73 Å². The number of hydrogen-bond acceptors (Lipinski definition) is 1. The molecule has 2 N–H and O–H groups in total. The number of halogens is 1. The van der Waals surface area contributed by atoms with Gasteiger partial charge in [-0.1, -0.05) is 0 Å². The van der Waals surface area contributed by atoms with Crippen molar-refractivity contribution in [1.82, 2.24) is 0 Å². The molecule has 0 rings (SSSR count). The topological polar surface area (TPSA) is 43.1 Å². The Balaban J connectivity index is 3.26. The summed E-state index contributed by atoms with van der Waals surface area (Å²) in [6.45, 7) is 1.53. The lowest BCUT2D eigenvalue weighted by atomic mass is 10.5. The Hall–Kier alpha value is -0.240. The Labute approximate surface area is 41.3 Å². The number of carbonyl (C=O) groups excluding carboxylic acids is 1. The summed E-state index contributed by atoms with van der Waals surface area (Å²) in [5.74, 6) is -0.475. The summed E-state index contributed by atoms with van der Waals surface area (Å²) in [5.41, 5.74) is 4.66. The molecule has 0 saturated heterocycles. The van der Waals surface area contributed by atoms with Gasteiger partial charge in [-0.05, 0) is 6.92 Å². The van der Waals surface area contributed by atoms with Gasteiger partial charge in [-0.3, -0.25) is 4.79 Å². The summed E-state index contributed by atoms with van der Waals surface area (Å²) in [7, 11) is 0. The molecule has 0 aromatic heterocycles. The number of primary amides is 1. The van der Waals surface area contributed by atoms with E-state index in [0.29, 0.717) is 0 Å². The fraction of sp³-hybridized carbons (Fsp3) is 0.667. The van der Waals surface area contributed by atoms with Crippen LogP contribution >= 0.6 is 11.6 Å². The molecule has 0 unspecified atom stereocenters. The molecular formula is C3H6ClNO. The monoisotopic (exact) mass is 107 g/mol. The minimum absolute atomic E-state index is 0.475. The van der Waals surface area contributed by atoms with Gasteiger partial charge in [-0.15, -0.1) is 11.6 Å². The maximum atomic E-state index is 9.79. The molecule has 0 radical (unpaired) electrons. The molecule has 0 fully saturated rings. The van der Waals surface area contributed by atoms with Crippen LogP contribution in [0.15, 0.2) is 0 Å². The molecule has 1 atom stereocenters. The number of amides is 1. The molecule has 0 aliphatic rings. The van der Waals surface area contributed by atoms with Gasteiger partial charge in [0.15, 0.2) is 0 Å². The van der Waals surface area contributed by atoms with Crippen LogP contribution in [0.25, 0.3) is 0 Å². The van der Waals surface area contributed by atoms with Gasteiger partial charge in [-0.2, -0.15) is 0 Å². The first kappa shape index (κ1) is 5.76. The zero-order valence-corrected chi connectivity index (χ0v) is 4.20. The van der Waals surface area contributed by atoms with Crippen LogP contribution in [0.1, 0.15) is 6.92 Å². The fourth-order valence-electron chi connectivity index (χ4n) is 0. The van der Waals surface area contributed by atoms with E-state index >= 15 is 0 Å². The predicted octanol–water partition coefficient (Wildman–Crippen LogP) is 0.0990. The lowest BCUT2D eigenvalue weighted by Crippen LogP contribution is -2.19. The number of hydrogen-bond donors (Lipinski definition) is 1. The third-order valence-electron chi connectivity index (χ3n) is 0.392. The molecule has 1 amide bonds. The van der Waals surface area contributed by atoms with Crippen molar-refractivity contribution in [2.75, 3.05) is 0 Å². The highest BCUT2D eigenvalue weighted by Gasteiger charge is 1.99. The van der Waals surface area contributed by atoms with Gasteiger partial charge >= 0.3 is 0 Å². The average molecular weight is 108 g/mol. The van der Waals surface area contributed by atoms with Crippen molar-refractivity contribution in [1.29, 1.82) is 0 Å². The van der Waals surface area contributed by atoms with Gasteiger partial charge in [0.1, 0.15) is 5.38 Å². The summed E-state index contributed by atoms with van der Waals surface area (Å²) in [6.07, 6.45) is 0. The molecule has 0 spiro atoms. The van der Waals surface area contributed by atoms with Crippen molar-refractivity contribution >= 4 is 17.5 Å². The fourth-order valence-corrected chi connectivity index (χ4v) is 0. The second kappa shape index (κ2) is 2.03. The lowest BCUT2D eigenvalue weighted by Gasteiger charge is -1.88. The van der Waals surface area contributed by atoms with Crippen LogP contribution in [0.5, 0.6) is 0 Å². The highest BCUT2D eigenvalue weighted by atomic mass is 35.5. The molecule has 6 heavy (non-hydrogen) atoms. The Morgan fingerprint density at radius 3 is 2.17 bits per heavy atom. The maximum Gasteiger partial charge on any atom is 0.235 e. The normalized spacial score (nSPS) is 13.7. The second-order valence-corrected chi connectivity index (χ2v) is 1.67.